The molecule has 3 aromatic carbocycles. The molecule has 1 spiro atoms. The van der Waals surface area contributed by atoms with Gasteiger partial charge in [-0.15, -0.1) is 0 Å². The Labute approximate surface area is 165 Å². The smallest absolute Gasteiger partial charge is 0.364 e. The van der Waals surface area contributed by atoms with Crippen LogP contribution in [0.4, 0.5) is 5.69 Å². The maximum absolute atomic E-state index is 13.1. The molecule has 0 saturated heterocycles. The van der Waals surface area contributed by atoms with E-state index in [1.807, 2.05) is 30.3 Å². The fourth-order valence-electron chi connectivity index (χ4n) is 3.94. The van der Waals surface area contributed by atoms with Gasteiger partial charge in [0, 0.05) is 17.7 Å². The molecule has 7 heteroatoms. The number of nitrogens with zero attached hydrogens (tertiary/aromatic N) is 2. The number of rotatable bonds is 3. The standard InChI is InChI=1S/C22H14N2O5/c25-21-22(17-8-4-5-9-18(17)28-21)19(14-10-12-16(13-11-14)24(26)27)20(23-29-22)15-6-2-1-3-7-15/h1-13,19H/t19-,22-/m0/s1. The minimum absolute atomic E-state index is 0.0330. The second kappa shape index (κ2) is 6.27. The van der Waals surface area contributed by atoms with Crippen LogP contribution in [0.2, 0.25) is 0 Å². The van der Waals surface area contributed by atoms with Crippen molar-refractivity contribution in [2.45, 2.75) is 11.5 Å². The maximum atomic E-state index is 13.1. The zero-order valence-electron chi connectivity index (χ0n) is 15.0. The minimum atomic E-state index is -1.47. The predicted octanol–water partition coefficient (Wildman–Crippen LogP) is 3.93. The lowest BCUT2D eigenvalue weighted by molar-refractivity contribution is -0.384. The number of ether oxygens (including phenoxy) is 1. The van der Waals surface area contributed by atoms with Gasteiger partial charge in [0.1, 0.15) is 5.75 Å². The van der Waals surface area contributed by atoms with Gasteiger partial charge in [-0.3, -0.25) is 10.1 Å². The fraction of sp³-hybridized carbons (Fsp3) is 0.0909. The van der Waals surface area contributed by atoms with E-state index in [1.54, 1.807) is 36.4 Å². The number of hydrogen-bond acceptors (Lipinski definition) is 6. The highest BCUT2D eigenvalue weighted by atomic mass is 16.7. The number of carbonyl (C=O) groups is 1. The summed E-state index contributed by atoms with van der Waals surface area (Å²) < 4.78 is 5.50. The molecule has 0 radical (unpaired) electrons. The maximum Gasteiger partial charge on any atom is 0.364 e. The highest BCUT2D eigenvalue weighted by molar-refractivity contribution is 6.11. The molecule has 0 aromatic heterocycles. The van der Waals surface area contributed by atoms with Crippen LogP contribution in [0, 0.1) is 10.1 Å². The van der Waals surface area contributed by atoms with Crippen molar-refractivity contribution in [3.05, 3.63) is 106 Å². The van der Waals surface area contributed by atoms with Gasteiger partial charge in [-0.05, 0) is 11.6 Å². The molecule has 0 aliphatic carbocycles. The van der Waals surface area contributed by atoms with E-state index in [-0.39, 0.29) is 5.69 Å². The van der Waals surface area contributed by atoms with Gasteiger partial charge in [0.2, 0.25) is 0 Å². The van der Waals surface area contributed by atoms with E-state index < -0.39 is 22.4 Å². The summed E-state index contributed by atoms with van der Waals surface area (Å²) in [5.74, 6) is -0.757. The molecule has 3 aromatic rings. The van der Waals surface area contributed by atoms with Gasteiger partial charge in [-0.2, -0.15) is 0 Å². The fourth-order valence-corrected chi connectivity index (χ4v) is 3.94. The van der Waals surface area contributed by atoms with Crippen LogP contribution in [0.15, 0.2) is 84.0 Å². The Morgan fingerprint density at radius 3 is 2.34 bits per heavy atom. The summed E-state index contributed by atoms with van der Waals surface area (Å²) in [5.41, 5.74) is 1.11. The van der Waals surface area contributed by atoms with Crippen molar-refractivity contribution in [1.82, 2.24) is 0 Å². The number of nitro benzene ring substituents is 1. The van der Waals surface area contributed by atoms with E-state index in [0.29, 0.717) is 22.6 Å². The Morgan fingerprint density at radius 2 is 1.62 bits per heavy atom. The van der Waals surface area contributed by atoms with Gasteiger partial charge in [0.05, 0.1) is 22.1 Å². The van der Waals surface area contributed by atoms with Crippen LogP contribution in [-0.4, -0.2) is 16.6 Å². The molecule has 0 bridgehead atoms. The van der Waals surface area contributed by atoms with Gasteiger partial charge in [0.15, 0.2) is 0 Å². The van der Waals surface area contributed by atoms with Crippen LogP contribution < -0.4 is 4.74 Å². The van der Waals surface area contributed by atoms with Crippen LogP contribution >= 0.6 is 0 Å². The Kier molecular flexibility index (Phi) is 3.70. The quantitative estimate of drug-likeness (QED) is 0.294. The first kappa shape index (κ1) is 17.1. The lowest BCUT2D eigenvalue weighted by Gasteiger charge is -2.26. The van der Waals surface area contributed by atoms with Crippen molar-refractivity contribution in [3.63, 3.8) is 0 Å². The summed E-state index contributed by atoms with van der Waals surface area (Å²) in [6.45, 7) is 0. The van der Waals surface area contributed by atoms with Crippen molar-refractivity contribution in [2.75, 3.05) is 0 Å². The first-order valence-electron chi connectivity index (χ1n) is 8.99. The molecule has 5 rings (SSSR count). The number of carbonyl (C=O) groups excluding carboxylic acids is 1. The van der Waals surface area contributed by atoms with E-state index >= 15 is 0 Å². The van der Waals surface area contributed by atoms with Gasteiger partial charge >= 0.3 is 5.97 Å². The lowest BCUT2D eigenvalue weighted by Crippen LogP contribution is -2.41. The average Bonchev–Trinajstić information content (AvgIpc) is 3.28. The molecular weight excluding hydrogens is 372 g/mol. The number of para-hydroxylation sites is 1. The predicted molar refractivity (Wildman–Crippen MR) is 104 cm³/mol. The number of non-ortho nitro benzene ring substituents is 1. The summed E-state index contributed by atoms with van der Waals surface area (Å²) in [7, 11) is 0. The molecule has 0 N–H and O–H groups in total. The summed E-state index contributed by atoms with van der Waals surface area (Å²) in [4.78, 5) is 29.5. The molecule has 2 aliphatic rings. The van der Waals surface area contributed by atoms with Gasteiger partial charge in [0.25, 0.3) is 11.3 Å². The third-order valence-electron chi connectivity index (χ3n) is 5.27. The monoisotopic (exact) mass is 386 g/mol. The number of fused-ring (bicyclic) bond motifs is 2. The lowest BCUT2D eigenvalue weighted by atomic mass is 9.74. The van der Waals surface area contributed by atoms with Crippen molar-refractivity contribution in [2.24, 2.45) is 5.16 Å². The molecule has 0 saturated carbocycles. The second-order valence-corrected chi connectivity index (χ2v) is 6.84. The number of esters is 1. The molecule has 0 fully saturated rings. The molecule has 2 atom stereocenters. The molecule has 2 heterocycles. The molecule has 142 valence electrons. The largest absolute Gasteiger partial charge is 0.423 e. The Bertz CT molecular complexity index is 1160. The van der Waals surface area contributed by atoms with Crippen molar-refractivity contribution >= 4 is 17.4 Å². The highest BCUT2D eigenvalue weighted by Gasteiger charge is 2.63. The van der Waals surface area contributed by atoms with E-state index in [4.69, 9.17) is 9.57 Å². The summed E-state index contributed by atoms with van der Waals surface area (Å²) in [5, 5.41) is 15.4. The first-order valence-corrected chi connectivity index (χ1v) is 8.99. The Balaban J connectivity index is 1.71. The summed E-state index contributed by atoms with van der Waals surface area (Å²) in [6, 6.07) is 22.5. The van der Waals surface area contributed by atoms with Crippen molar-refractivity contribution < 1.29 is 19.3 Å². The van der Waals surface area contributed by atoms with Gasteiger partial charge < -0.3 is 9.57 Å². The Morgan fingerprint density at radius 1 is 0.931 bits per heavy atom. The molecule has 29 heavy (non-hydrogen) atoms. The van der Waals surface area contributed by atoms with Crippen molar-refractivity contribution in [1.29, 1.82) is 0 Å². The molecule has 0 unspecified atom stereocenters. The number of hydrogen-bond donors (Lipinski definition) is 0. The molecule has 0 amide bonds. The number of benzene rings is 3. The van der Waals surface area contributed by atoms with E-state index in [9.17, 15) is 14.9 Å². The SMILES string of the molecule is O=C1Oc2ccccc2[C@@]12ON=C(c1ccccc1)[C@@H]2c1ccc([N+](=O)[O-])cc1. The first-order chi connectivity index (χ1) is 14.1. The van der Waals surface area contributed by atoms with E-state index in [2.05, 4.69) is 5.16 Å². The highest BCUT2D eigenvalue weighted by Crippen LogP contribution is 2.53. The summed E-state index contributed by atoms with van der Waals surface area (Å²) >= 11 is 0. The molecule has 2 aliphatic heterocycles. The van der Waals surface area contributed by atoms with Gasteiger partial charge in [-0.25, -0.2) is 4.79 Å². The topological polar surface area (TPSA) is 91.0 Å². The number of oxime groups is 1. The van der Waals surface area contributed by atoms with E-state index in [1.165, 1.54) is 12.1 Å². The molecular formula is C22H14N2O5. The second-order valence-electron chi connectivity index (χ2n) is 6.84. The van der Waals surface area contributed by atoms with E-state index in [0.717, 1.165) is 5.56 Å². The third-order valence-corrected chi connectivity index (χ3v) is 5.27. The third kappa shape index (κ3) is 2.44. The zero-order chi connectivity index (χ0) is 20.0. The molecule has 7 nitrogen and oxygen atoms in total. The van der Waals surface area contributed by atoms with Crippen LogP contribution in [0.1, 0.15) is 22.6 Å². The minimum Gasteiger partial charge on any atom is -0.423 e. The van der Waals surface area contributed by atoms with Crippen LogP contribution in [-0.2, 0) is 15.2 Å². The van der Waals surface area contributed by atoms with Crippen molar-refractivity contribution in [3.8, 4) is 5.75 Å². The van der Waals surface area contributed by atoms with Crippen LogP contribution in [0.25, 0.3) is 0 Å². The average molecular weight is 386 g/mol. The normalized spacial score (nSPS) is 22.0. The Hall–Kier alpha value is -4.00. The zero-order valence-corrected chi connectivity index (χ0v) is 15.0. The number of nitro groups is 1. The van der Waals surface area contributed by atoms with Gasteiger partial charge in [-0.1, -0.05) is 65.8 Å². The summed E-state index contributed by atoms with van der Waals surface area (Å²) in [6.07, 6.45) is 0. The van der Waals surface area contributed by atoms with Crippen LogP contribution in [0.3, 0.4) is 0 Å². The van der Waals surface area contributed by atoms with Crippen LogP contribution in [0.5, 0.6) is 5.75 Å².